The predicted octanol–water partition coefficient (Wildman–Crippen LogP) is 3.54. The molecule has 2 amide bonds. The van der Waals surface area contributed by atoms with E-state index in [9.17, 15) is 9.59 Å². The zero-order valence-electron chi connectivity index (χ0n) is 15.7. The number of benzene rings is 2. The largest absolute Gasteiger partial charge is 0.497 e. The summed E-state index contributed by atoms with van der Waals surface area (Å²) >= 11 is 12.7. The standard InChI is InChI=1S/C21H19Cl2N3O3/c1-29-13-8-6-12(7-9-13)17-16-19(25-11-3-10-24(17)25)21(28)26(20(16)27)18-14(22)4-2-5-15(18)23/h2,4-9,16-17,19H,3,10-11H2,1H3. The highest BCUT2D eigenvalue weighted by atomic mass is 35.5. The van der Waals surface area contributed by atoms with E-state index in [0.717, 1.165) is 30.8 Å². The first kappa shape index (κ1) is 18.9. The molecular weight excluding hydrogens is 413 g/mol. The van der Waals surface area contributed by atoms with Crippen LogP contribution in [0.5, 0.6) is 5.75 Å². The highest BCUT2D eigenvalue weighted by Crippen LogP contribution is 2.50. The van der Waals surface area contributed by atoms with Crippen molar-refractivity contribution in [1.29, 1.82) is 0 Å². The summed E-state index contributed by atoms with van der Waals surface area (Å²) in [5, 5.41) is 4.79. The number of fused-ring (bicyclic) bond motifs is 3. The summed E-state index contributed by atoms with van der Waals surface area (Å²) in [7, 11) is 1.62. The lowest BCUT2D eigenvalue weighted by atomic mass is 9.90. The van der Waals surface area contributed by atoms with Crippen LogP contribution in [0.1, 0.15) is 18.0 Å². The molecule has 6 nitrogen and oxygen atoms in total. The summed E-state index contributed by atoms with van der Waals surface area (Å²) in [4.78, 5) is 28.2. The second-order valence-electron chi connectivity index (χ2n) is 7.45. The monoisotopic (exact) mass is 431 g/mol. The number of nitrogens with zero attached hydrogens (tertiary/aromatic N) is 3. The highest BCUT2D eigenvalue weighted by molar-refractivity contribution is 6.42. The second kappa shape index (κ2) is 6.99. The number of hydrogen-bond acceptors (Lipinski definition) is 5. The minimum atomic E-state index is -0.538. The fraction of sp³-hybridized carbons (Fsp3) is 0.333. The Labute approximate surface area is 178 Å². The minimum absolute atomic E-state index is 0.212. The van der Waals surface area contributed by atoms with Crippen molar-refractivity contribution < 1.29 is 14.3 Å². The van der Waals surface area contributed by atoms with E-state index in [1.165, 1.54) is 4.90 Å². The van der Waals surface area contributed by atoms with Crippen LogP contribution in [-0.4, -0.2) is 48.1 Å². The van der Waals surface area contributed by atoms with Crippen molar-refractivity contribution in [2.45, 2.75) is 18.5 Å². The van der Waals surface area contributed by atoms with Gasteiger partial charge in [-0.2, -0.15) is 0 Å². The van der Waals surface area contributed by atoms with Gasteiger partial charge in [-0.1, -0.05) is 41.4 Å². The smallest absolute Gasteiger partial charge is 0.253 e. The molecule has 0 spiro atoms. The molecule has 150 valence electrons. The molecule has 0 saturated carbocycles. The third-order valence-electron chi connectivity index (χ3n) is 6.02. The Morgan fingerprint density at radius 2 is 1.52 bits per heavy atom. The maximum Gasteiger partial charge on any atom is 0.253 e. The Morgan fingerprint density at radius 1 is 0.897 bits per heavy atom. The summed E-state index contributed by atoms with van der Waals surface area (Å²) in [6.07, 6.45) is 0.949. The van der Waals surface area contributed by atoms with Gasteiger partial charge in [-0.25, -0.2) is 14.9 Å². The molecule has 0 N–H and O–H groups in total. The summed E-state index contributed by atoms with van der Waals surface area (Å²) in [5.74, 6) is -0.286. The van der Waals surface area contributed by atoms with Crippen molar-refractivity contribution in [2.24, 2.45) is 5.92 Å². The third kappa shape index (κ3) is 2.70. The number of rotatable bonds is 3. The van der Waals surface area contributed by atoms with Gasteiger partial charge in [-0.05, 0) is 36.2 Å². The number of amides is 2. The third-order valence-corrected chi connectivity index (χ3v) is 6.63. The SMILES string of the molecule is COc1ccc(C2C3C(=O)N(c4c(Cl)cccc4Cl)C(=O)C3N3CCCN23)cc1. The van der Waals surface area contributed by atoms with Gasteiger partial charge >= 0.3 is 0 Å². The Hall–Kier alpha value is -2.12. The predicted molar refractivity (Wildman–Crippen MR) is 110 cm³/mol. The van der Waals surface area contributed by atoms with E-state index in [1.54, 1.807) is 25.3 Å². The maximum atomic E-state index is 13.6. The number of carbonyl (C=O) groups is 2. The molecule has 2 aromatic carbocycles. The van der Waals surface area contributed by atoms with Crippen LogP contribution in [-0.2, 0) is 9.59 Å². The number of ether oxygens (including phenoxy) is 1. The molecule has 3 saturated heterocycles. The van der Waals surface area contributed by atoms with Crippen molar-refractivity contribution in [2.75, 3.05) is 25.1 Å². The second-order valence-corrected chi connectivity index (χ2v) is 8.26. The number of anilines is 1. The van der Waals surface area contributed by atoms with Gasteiger partial charge in [-0.15, -0.1) is 0 Å². The molecule has 0 aliphatic carbocycles. The first-order valence-electron chi connectivity index (χ1n) is 9.52. The zero-order chi connectivity index (χ0) is 20.3. The van der Waals surface area contributed by atoms with Crippen LogP contribution in [0.2, 0.25) is 10.0 Å². The number of hydrogen-bond donors (Lipinski definition) is 0. The van der Waals surface area contributed by atoms with E-state index in [1.807, 2.05) is 29.3 Å². The molecule has 3 aliphatic rings. The van der Waals surface area contributed by atoms with Gasteiger partial charge in [0.2, 0.25) is 5.91 Å². The van der Waals surface area contributed by atoms with E-state index >= 15 is 0 Å². The van der Waals surface area contributed by atoms with Gasteiger partial charge in [-0.3, -0.25) is 9.59 Å². The molecule has 0 radical (unpaired) electrons. The van der Waals surface area contributed by atoms with Crippen LogP contribution < -0.4 is 9.64 Å². The van der Waals surface area contributed by atoms with Crippen LogP contribution in [0, 0.1) is 5.92 Å². The van der Waals surface area contributed by atoms with Gasteiger partial charge in [0.25, 0.3) is 5.91 Å². The number of halogens is 2. The topological polar surface area (TPSA) is 53.1 Å². The maximum absolute atomic E-state index is 13.6. The van der Waals surface area contributed by atoms with E-state index in [4.69, 9.17) is 27.9 Å². The summed E-state index contributed by atoms with van der Waals surface area (Å²) in [6.45, 7) is 1.56. The molecule has 3 fully saturated rings. The first-order chi connectivity index (χ1) is 14.0. The molecule has 0 bridgehead atoms. The number of para-hydroxylation sites is 1. The molecule has 3 aliphatic heterocycles. The molecule has 0 aromatic heterocycles. The van der Waals surface area contributed by atoms with Crippen molar-refractivity contribution >= 4 is 40.7 Å². The molecule has 3 heterocycles. The van der Waals surface area contributed by atoms with Gasteiger partial charge in [0.15, 0.2) is 0 Å². The lowest BCUT2D eigenvalue weighted by molar-refractivity contribution is -0.126. The Balaban J connectivity index is 1.59. The number of methoxy groups -OCH3 is 1. The zero-order valence-corrected chi connectivity index (χ0v) is 17.2. The number of imide groups is 1. The Morgan fingerprint density at radius 3 is 2.14 bits per heavy atom. The normalized spacial score (nSPS) is 26.9. The number of carbonyl (C=O) groups excluding carboxylic acids is 2. The summed E-state index contributed by atoms with van der Waals surface area (Å²) in [5.41, 5.74) is 1.26. The molecular formula is C21H19Cl2N3O3. The van der Waals surface area contributed by atoms with Crippen molar-refractivity contribution in [1.82, 2.24) is 10.0 Å². The molecule has 3 unspecified atom stereocenters. The van der Waals surface area contributed by atoms with Gasteiger partial charge in [0.05, 0.1) is 34.8 Å². The van der Waals surface area contributed by atoms with Gasteiger partial charge in [0.1, 0.15) is 11.8 Å². The fourth-order valence-electron chi connectivity index (χ4n) is 4.84. The fourth-order valence-corrected chi connectivity index (χ4v) is 5.40. The Bertz CT molecular complexity index is 977. The van der Waals surface area contributed by atoms with Crippen LogP contribution >= 0.6 is 23.2 Å². The van der Waals surface area contributed by atoms with E-state index in [-0.39, 0.29) is 23.5 Å². The minimum Gasteiger partial charge on any atom is -0.497 e. The van der Waals surface area contributed by atoms with Crippen LogP contribution in [0.25, 0.3) is 0 Å². The average Bonchev–Trinajstić information content (AvgIpc) is 3.36. The molecule has 2 aromatic rings. The van der Waals surface area contributed by atoms with Gasteiger partial charge in [0, 0.05) is 13.1 Å². The summed E-state index contributed by atoms with van der Waals surface area (Å²) < 4.78 is 5.26. The lowest BCUT2D eigenvalue weighted by Crippen LogP contribution is -2.44. The van der Waals surface area contributed by atoms with Crippen LogP contribution in [0.4, 0.5) is 5.69 Å². The van der Waals surface area contributed by atoms with E-state index in [2.05, 4.69) is 5.01 Å². The van der Waals surface area contributed by atoms with E-state index < -0.39 is 12.0 Å². The average molecular weight is 432 g/mol. The highest BCUT2D eigenvalue weighted by Gasteiger charge is 2.63. The molecule has 8 heteroatoms. The number of hydrazine groups is 1. The van der Waals surface area contributed by atoms with Gasteiger partial charge < -0.3 is 4.74 Å². The van der Waals surface area contributed by atoms with Crippen molar-refractivity contribution in [3.63, 3.8) is 0 Å². The molecule has 29 heavy (non-hydrogen) atoms. The lowest BCUT2D eigenvalue weighted by Gasteiger charge is -2.30. The first-order valence-corrected chi connectivity index (χ1v) is 10.3. The van der Waals surface area contributed by atoms with Crippen molar-refractivity contribution in [3.8, 4) is 5.75 Å². The molecule has 5 rings (SSSR count). The molecule has 3 atom stereocenters. The van der Waals surface area contributed by atoms with Crippen LogP contribution in [0.3, 0.4) is 0 Å². The van der Waals surface area contributed by atoms with Crippen LogP contribution in [0.15, 0.2) is 42.5 Å². The summed E-state index contributed by atoms with van der Waals surface area (Å²) in [6, 6.07) is 11.9. The van der Waals surface area contributed by atoms with Crippen molar-refractivity contribution in [3.05, 3.63) is 58.1 Å². The van der Waals surface area contributed by atoms with E-state index in [0.29, 0.717) is 10.0 Å². The Kier molecular flexibility index (Phi) is 4.55. The quantitative estimate of drug-likeness (QED) is 0.695.